The molecule has 1 aliphatic carbocycles. The smallest absolute Gasteiger partial charge is 0.406 e. The third kappa shape index (κ3) is 7.72. The molecule has 1 unspecified atom stereocenters. The van der Waals surface area contributed by atoms with Crippen molar-refractivity contribution in [2.45, 2.75) is 78.0 Å². The van der Waals surface area contributed by atoms with E-state index in [1.165, 1.54) is 69.2 Å². The summed E-state index contributed by atoms with van der Waals surface area (Å²) < 4.78 is 70.1. The molecule has 0 heterocycles. The van der Waals surface area contributed by atoms with Gasteiger partial charge >= 0.3 is 6.36 Å². The first-order valence-corrected chi connectivity index (χ1v) is 12.0. The Morgan fingerprint density at radius 3 is 1.97 bits per heavy atom. The zero-order valence-electron chi connectivity index (χ0n) is 19.4. The summed E-state index contributed by atoms with van der Waals surface area (Å²) >= 11 is 0. The van der Waals surface area contributed by atoms with Crippen molar-refractivity contribution in [3.8, 4) is 16.9 Å². The first-order chi connectivity index (χ1) is 15.6. The molecular weight excluding hydrogens is 435 g/mol. The van der Waals surface area contributed by atoms with Gasteiger partial charge in [0.1, 0.15) is 17.4 Å². The van der Waals surface area contributed by atoms with Crippen molar-refractivity contribution < 1.29 is 26.7 Å². The Morgan fingerprint density at radius 2 is 1.45 bits per heavy atom. The average molecular weight is 469 g/mol. The minimum atomic E-state index is -4.81. The van der Waals surface area contributed by atoms with E-state index in [9.17, 15) is 22.0 Å². The molecule has 2 aromatic carbocycles. The highest BCUT2D eigenvalue weighted by atomic mass is 19.4. The molecule has 0 spiro atoms. The van der Waals surface area contributed by atoms with Gasteiger partial charge in [-0.15, -0.1) is 13.2 Å². The molecule has 1 atom stereocenters. The van der Waals surface area contributed by atoms with E-state index in [4.69, 9.17) is 0 Å². The summed E-state index contributed by atoms with van der Waals surface area (Å²) in [5, 5.41) is 0. The standard InChI is InChI=1S/C27H33F5O/c1-3-18(2)4-5-19-6-8-20(9-7-19)10-11-21-16-24(28)26(25(29)17-21)22-12-14-23(15-13-22)33-27(30,31)32/h12-20H,3-11H2,1-2H3. The fourth-order valence-corrected chi connectivity index (χ4v) is 4.77. The van der Waals surface area contributed by atoms with E-state index in [-0.39, 0.29) is 11.1 Å². The van der Waals surface area contributed by atoms with Crippen molar-refractivity contribution in [1.29, 1.82) is 0 Å². The average Bonchev–Trinajstić information content (AvgIpc) is 2.76. The molecule has 0 saturated heterocycles. The monoisotopic (exact) mass is 468 g/mol. The first kappa shape index (κ1) is 25.5. The van der Waals surface area contributed by atoms with E-state index < -0.39 is 23.7 Å². The van der Waals surface area contributed by atoms with Gasteiger partial charge in [-0.25, -0.2) is 8.78 Å². The Morgan fingerprint density at radius 1 is 0.909 bits per heavy atom. The van der Waals surface area contributed by atoms with Crippen LogP contribution in [-0.4, -0.2) is 6.36 Å². The lowest BCUT2D eigenvalue weighted by Gasteiger charge is -2.29. The van der Waals surface area contributed by atoms with Crippen molar-refractivity contribution in [3.63, 3.8) is 0 Å². The van der Waals surface area contributed by atoms with Crippen molar-refractivity contribution in [1.82, 2.24) is 0 Å². The van der Waals surface area contributed by atoms with Gasteiger partial charge in [-0.3, -0.25) is 0 Å². The summed E-state index contributed by atoms with van der Waals surface area (Å²) in [6, 6.07) is 7.24. The van der Waals surface area contributed by atoms with Gasteiger partial charge in [0, 0.05) is 0 Å². The normalized spacial score (nSPS) is 20.0. The largest absolute Gasteiger partial charge is 0.573 e. The van der Waals surface area contributed by atoms with Crippen LogP contribution in [0.25, 0.3) is 11.1 Å². The Balaban J connectivity index is 1.54. The highest BCUT2D eigenvalue weighted by Gasteiger charge is 2.31. The Kier molecular flexibility index (Phi) is 8.77. The van der Waals surface area contributed by atoms with Crippen LogP contribution in [0.15, 0.2) is 36.4 Å². The Bertz CT molecular complexity index is 859. The van der Waals surface area contributed by atoms with Gasteiger partial charge in [-0.05, 0) is 66.0 Å². The van der Waals surface area contributed by atoms with Crippen LogP contribution < -0.4 is 4.74 Å². The molecule has 3 rings (SSSR count). The van der Waals surface area contributed by atoms with Crippen molar-refractivity contribution in [2.75, 3.05) is 0 Å². The van der Waals surface area contributed by atoms with Gasteiger partial charge in [0.05, 0.1) is 5.56 Å². The minimum Gasteiger partial charge on any atom is -0.406 e. The molecule has 6 heteroatoms. The van der Waals surface area contributed by atoms with Crippen LogP contribution in [0, 0.1) is 29.4 Å². The van der Waals surface area contributed by atoms with E-state index in [2.05, 4.69) is 18.6 Å². The maximum Gasteiger partial charge on any atom is 0.573 e. The molecule has 0 aliphatic heterocycles. The van der Waals surface area contributed by atoms with Gasteiger partial charge in [-0.2, -0.15) is 0 Å². The molecule has 0 radical (unpaired) electrons. The Labute approximate surface area is 193 Å². The molecule has 0 amide bonds. The summed E-state index contributed by atoms with van der Waals surface area (Å²) in [7, 11) is 0. The molecule has 0 bridgehead atoms. The second-order valence-electron chi connectivity index (χ2n) is 9.52. The topological polar surface area (TPSA) is 9.23 Å². The summed E-state index contributed by atoms with van der Waals surface area (Å²) in [4.78, 5) is 0. The molecule has 0 N–H and O–H groups in total. The van der Waals surface area contributed by atoms with Gasteiger partial charge in [-0.1, -0.05) is 70.9 Å². The number of hydrogen-bond acceptors (Lipinski definition) is 1. The third-order valence-corrected chi connectivity index (χ3v) is 7.05. The quantitative estimate of drug-likeness (QED) is 0.334. The van der Waals surface area contributed by atoms with Crippen LogP contribution in [0.5, 0.6) is 5.75 Å². The van der Waals surface area contributed by atoms with Crippen LogP contribution in [0.1, 0.15) is 70.8 Å². The maximum absolute atomic E-state index is 14.7. The molecule has 0 aromatic heterocycles. The lowest BCUT2D eigenvalue weighted by Crippen LogP contribution is -2.16. The SMILES string of the molecule is CCC(C)CCC1CCC(CCc2cc(F)c(-c3ccc(OC(F)(F)F)cc3)c(F)c2)CC1. The maximum atomic E-state index is 14.7. The van der Waals surface area contributed by atoms with Crippen molar-refractivity contribution >= 4 is 0 Å². The van der Waals surface area contributed by atoms with E-state index in [1.54, 1.807) is 0 Å². The van der Waals surface area contributed by atoms with Gasteiger partial charge in [0.2, 0.25) is 0 Å². The summed E-state index contributed by atoms with van der Waals surface area (Å²) in [5.41, 5.74) is 0.547. The van der Waals surface area contributed by atoms with E-state index in [0.717, 1.165) is 30.4 Å². The number of benzene rings is 2. The zero-order chi connectivity index (χ0) is 24.0. The first-order valence-electron chi connectivity index (χ1n) is 12.0. The highest BCUT2D eigenvalue weighted by molar-refractivity contribution is 5.66. The van der Waals surface area contributed by atoms with Crippen LogP contribution >= 0.6 is 0 Å². The lowest BCUT2D eigenvalue weighted by molar-refractivity contribution is -0.274. The van der Waals surface area contributed by atoms with Crippen molar-refractivity contribution in [3.05, 3.63) is 53.6 Å². The van der Waals surface area contributed by atoms with Gasteiger partial charge in [0.15, 0.2) is 0 Å². The fraction of sp³-hybridized carbons (Fsp3) is 0.556. The molecule has 1 saturated carbocycles. The Hall–Kier alpha value is -2.11. The predicted octanol–water partition coefficient (Wildman–Crippen LogP) is 9.10. The minimum absolute atomic E-state index is 0.168. The molecule has 2 aromatic rings. The second kappa shape index (κ2) is 11.3. The lowest BCUT2D eigenvalue weighted by atomic mass is 9.77. The number of ether oxygens (including phenoxy) is 1. The molecular formula is C27H33F5O. The zero-order valence-corrected chi connectivity index (χ0v) is 19.4. The molecule has 1 fully saturated rings. The van der Waals surface area contributed by atoms with Gasteiger partial charge < -0.3 is 4.74 Å². The summed E-state index contributed by atoms with van der Waals surface area (Å²) in [6.07, 6.45) is 5.42. The van der Waals surface area contributed by atoms with Crippen LogP contribution in [0.4, 0.5) is 22.0 Å². The van der Waals surface area contributed by atoms with E-state index >= 15 is 0 Å². The fourth-order valence-electron chi connectivity index (χ4n) is 4.77. The number of hydrogen-bond donors (Lipinski definition) is 0. The number of aryl methyl sites for hydroxylation is 1. The van der Waals surface area contributed by atoms with Crippen LogP contribution in [0.3, 0.4) is 0 Å². The van der Waals surface area contributed by atoms with E-state index in [0.29, 0.717) is 17.9 Å². The third-order valence-electron chi connectivity index (χ3n) is 7.05. The van der Waals surface area contributed by atoms with Crippen LogP contribution in [0.2, 0.25) is 0 Å². The number of rotatable bonds is 9. The van der Waals surface area contributed by atoms with Gasteiger partial charge in [0.25, 0.3) is 0 Å². The molecule has 1 aliphatic rings. The summed E-state index contributed by atoms with van der Waals surface area (Å²) in [6.45, 7) is 4.55. The van der Waals surface area contributed by atoms with Crippen molar-refractivity contribution in [2.24, 2.45) is 17.8 Å². The summed E-state index contributed by atoms with van der Waals surface area (Å²) in [5.74, 6) is 0.362. The van der Waals surface area contributed by atoms with Crippen LogP contribution in [-0.2, 0) is 6.42 Å². The predicted molar refractivity (Wildman–Crippen MR) is 121 cm³/mol. The number of alkyl halides is 3. The molecule has 182 valence electrons. The second-order valence-corrected chi connectivity index (χ2v) is 9.52. The molecule has 33 heavy (non-hydrogen) atoms. The molecule has 1 nitrogen and oxygen atoms in total. The number of halogens is 5. The van der Waals surface area contributed by atoms with E-state index in [1.807, 2.05) is 0 Å². The highest BCUT2D eigenvalue weighted by Crippen LogP contribution is 2.36.